The van der Waals surface area contributed by atoms with Crippen molar-refractivity contribution in [1.82, 2.24) is 20.6 Å². The predicted molar refractivity (Wildman–Crippen MR) is 172 cm³/mol. The van der Waals surface area contributed by atoms with E-state index in [0.29, 0.717) is 34.7 Å². The minimum absolute atomic E-state index is 0.230. The van der Waals surface area contributed by atoms with E-state index in [-0.39, 0.29) is 24.6 Å². The minimum Gasteiger partial charge on any atom is -0.455 e. The van der Waals surface area contributed by atoms with Crippen LogP contribution in [0.2, 0.25) is 0 Å². The number of alkyl halides is 2. The van der Waals surface area contributed by atoms with E-state index < -0.39 is 18.3 Å². The van der Waals surface area contributed by atoms with E-state index >= 15 is 0 Å². The number of furan rings is 1. The highest BCUT2D eigenvalue weighted by molar-refractivity contribution is 6.12. The van der Waals surface area contributed by atoms with E-state index in [1.165, 1.54) is 35.7 Å². The van der Waals surface area contributed by atoms with Gasteiger partial charge in [0.15, 0.2) is 5.82 Å². The maximum atomic E-state index is 13.4. The summed E-state index contributed by atoms with van der Waals surface area (Å²) in [5.41, 5.74) is 5.60. The molecule has 2 amide bonds. The Morgan fingerprint density at radius 2 is 1.79 bits per heavy atom. The van der Waals surface area contributed by atoms with Crippen LogP contribution in [-0.2, 0) is 21.5 Å². The Morgan fingerprint density at radius 3 is 2.40 bits per heavy atom. The Balaban J connectivity index is 0.000000216. The highest BCUT2D eigenvalue weighted by atomic mass is 19.3. The van der Waals surface area contributed by atoms with Crippen molar-refractivity contribution in [2.45, 2.75) is 57.8 Å². The third-order valence-electron chi connectivity index (χ3n) is 8.10. The first-order valence-electron chi connectivity index (χ1n) is 15.2. The second kappa shape index (κ2) is 14.6. The van der Waals surface area contributed by atoms with Gasteiger partial charge in [0.1, 0.15) is 22.7 Å². The van der Waals surface area contributed by atoms with Crippen molar-refractivity contribution in [3.05, 3.63) is 107 Å². The molecule has 1 saturated carbocycles. The topological polar surface area (TPSA) is 106 Å². The Labute approximate surface area is 270 Å². The Bertz CT molecular complexity index is 1840. The van der Waals surface area contributed by atoms with Gasteiger partial charge in [0.05, 0.1) is 11.7 Å². The summed E-state index contributed by atoms with van der Waals surface area (Å²) in [4.78, 5) is 31.4. The minimum atomic E-state index is -2.80. The Morgan fingerprint density at radius 1 is 1.06 bits per heavy atom. The molecule has 0 aliphatic heterocycles. The first-order chi connectivity index (χ1) is 22.7. The number of benzene rings is 3. The van der Waals surface area contributed by atoms with Crippen LogP contribution < -0.4 is 10.6 Å². The van der Waals surface area contributed by atoms with E-state index in [0.717, 1.165) is 29.4 Å². The number of nitrogens with zero attached hydrogens (tertiary/aromatic N) is 2. The SMILES string of the molecule is CCCc1cc2oc(-c3ccc(F)cc3)c(C(=O)NC)c2cc1-c1cccc(C)c1.O=CNC1(c2ncccn2)CC(OC(F)F)C1. The fourth-order valence-corrected chi connectivity index (χ4v) is 5.88. The maximum Gasteiger partial charge on any atom is 0.345 e. The van der Waals surface area contributed by atoms with E-state index in [2.05, 4.69) is 63.5 Å². The molecule has 0 spiro atoms. The van der Waals surface area contributed by atoms with Crippen molar-refractivity contribution < 1.29 is 31.9 Å². The summed E-state index contributed by atoms with van der Waals surface area (Å²) >= 11 is 0. The molecule has 0 unspecified atom stereocenters. The van der Waals surface area contributed by atoms with Crippen LogP contribution in [0.25, 0.3) is 33.4 Å². The summed E-state index contributed by atoms with van der Waals surface area (Å²) in [5.74, 6) is 0.309. The lowest BCUT2D eigenvalue weighted by molar-refractivity contribution is -0.199. The first kappa shape index (κ1) is 33.3. The highest BCUT2D eigenvalue weighted by Gasteiger charge is 2.49. The molecule has 2 aromatic heterocycles. The lowest BCUT2D eigenvalue weighted by Crippen LogP contribution is -2.56. The summed E-state index contributed by atoms with van der Waals surface area (Å²) in [6, 6.07) is 20.1. The van der Waals surface area contributed by atoms with Gasteiger partial charge in [-0.1, -0.05) is 43.2 Å². The molecule has 47 heavy (non-hydrogen) atoms. The molecule has 3 aromatic carbocycles. The normalized spacial score (nSPS) is 17.0. The predicted octanol–water partition coefficient (Wildman–Crippen LogP) is 7.35. The second-order valence-electron chi connectivity index (χ2n) is 11.4. The lowest BCUT2D eigenvalue weighted by atomic mass is 9.73. The number of rotatable bonds is 10. The van der Waals surface area contributed by atoms with Gasteiger partial charge in [-0.05, 0) is 72.5 Å². The number of halogens is 3. The van der Waals surface area contributed by atoms with Gasteiger partial charge in [0.25, 0.3) is 5.91 Å². The number of carbonyl (C=O) groups is 2. The number of fused-ring (bicyclic) bond motifs is 1. The molecule has 244 valence electrons. The van der Waals surface area contributed by atoms with Crippen molar-refractivity contribution in [3.8, 4) is 22.5 Å². The summed E-state index contributed by atoms with van der Waals surface area (Å²) in [6.45, 7) is 1.42. The molecule has 8 nitrogen and oxygen atoms in total. The zero-order valence-electron chi connectivity index (χ0n) is 26.2. The van der Waals surface area contributed by atoms with E-state index in [1.54, 1.807) is 25.2 Å². The van der Waals surface area contributed by atoms with Crippen LogP contribution in [0.3, 0.4) is 0 Å². The fraction of sp³-hybridized carbons (Fsp3) is 0.278. The van der Waals surface area contributed by atoms with Crippen LogP contribution in [0.1, 0.15) is 53.5 Å². The van der Waals surface area contributed by atoms with Crippen LogP contribution in [0.15, 0.2) is 83.5 Å². The molecule has 2 N–H and O–H groups in total. The third-order valence-corrected chi connectivity index (χ3v) is 8.10. The number of hydrogen-bond acceptors (Lipinski definition) is 6. The van der Waals surface area contributed by atoms with Crippen LogP contribution in [0, 0.1) is 12.7 Å². The van der Waals surface area contributed by atoms with Gasteiger partial charge in [-0.15, -0.1) is 0 Å². The molecule has 0 radical (unpaired) electrons. The molecule has 2 heterocycles. The van der Waals surface area contributed by atoms with Gasteiger partial charge in [-0.2, -0.15) is 8.78 Å². The van der Waals surface area contributed by atoms with Crippen LogP contribution in [0.4, 0.5) is 13.2 Å². The molecule has 0 saturated heterocycles. The summed E-state index contributed by atoms with van der Waals surface area (Å²) < 4.78 is 48.0. The number of aryl methyl sites for hydroxylation is 2. The molecule has 1 fully saturated rings. The smallest absolute Gasteiger partial charge is 0.345 e. The van der Waals surface area contributed by atoms with Crippen molar-refractivity contribution in [1.29, 1.82) is 0 Å². The fourth-order valence-electron chi connectivity index (χ4n) is 5.88. The van der Waals surface area contributed by atoms with Gasteiger partial charge < -0.3 is 19.8 Å². The monoisotopic (exact) mass is 644 g/mol. The zero-order chi connectivity index (χ0) is 33.6. The average Bonchev–Trinajstić information content (AvgIpc) is 3.42. The molecule has 6 rings (SSSR count). The van der Waals surface area contributed by atoms with Gasteiger partial charge in [-0.25, -0.2) is 14.4 Å². The van der Waals surface area contributed by atoms with Crippen molar-refractivity contribution >= 4 is 23.3 Å². The average molecular weight is 645 g/mol. The molecule has 11 heteroatoms. The largest absolute Gasteiger partial charge is 0.455 e. The van der Waals surface area contributed by atoms with E-state index in [9.17, 15) is 22.8 Å². The number of hydrogen-bond donors (Lipinski definition) is 2. The van der Waals surface area contributed by atoms with Gasteiger partial charge in [0.2, 0.25) is 6.41 Å². The van der Waals surface area contributed by atoms with Gasteiger partial charge >= 0.3 is 6.61 Å². The summed E-state index contributed by atoms with van der Waals surface area (Å²) in [7, 11) is 1.60. The molecule has 1 aliphatic rings. The van der Waals surface area contributed by atoms with E-state index in [4.69, 9.17) is 4.42 Å². The van der Waals surface area contributed by atoms with Crippen molar-refractivity contribution in [2.75, 3.05) is 7.05 Å². The summed E-state index contributed by atoms with van der Waals surface area (Å²) in [5, 5.41) is 6.06. The zero-order valence-corrected chi connectivity index (χ0v) is 26.2. The quantitative estimate of drug-likeness (QED) is 0.154. The van der Waals surface area contributed by atoms with E-state index in [1.807, 2.05) is 12.1 Å². The van der Waals surface area contributed by atoms with Crippen molar-refractivity contribution in [3.63, 3.8) is 0 Å². The van der Waals surface area contributed by atoms with Crippen molar-refractivity contribution in [2.24, 2.45) is 0 Å². The van der Waals surface area contributed by atoms with Gasteiger partial charge in [0, 0.05) is 43.2 Å². The Hall–Kier alpha value is -5.03. The maximum absolute atomic E-state index is 13.4. The number of ether oxygens (including phenoxy) is 1. The van der Waals surface area contributed by atoms with Gasteiger partial charge in [-0.3, -0.25) is 9.59 Å². The first-order valence-corrected chi connectivity index (χ1v) is 15.2. The molecule has 5 aromatic rings. The number of amides is 2. The molecule has 1 aliphatic carbocycles. The molecule has 0 bridgehead atoms. The molecule has 0 atom stereocenters. The summed E-state index contributed by atoms with van der Waals surface area (Å²) in [6.07, 6.45) is 5.43. The number of nitrogens with one attached hydrogen (secondary N) is 2. The standard InChI is InChI=1S/C26H24FNO2.C10H11F2N3O2/c1-4-6-18-14-23-22(15-21(18)19-8-5-7-16(2)13-19)24(26(29)28-3)25(30-23)17-9-11-20(27)12-10-17;11-9(12)17-7-4-10(5-7,15-6-16)8-13-2-1-3-14-8/h5,7-15H,4,6H2,1-3H3,(H,28,29);1-3,6-7,9H,4-5H2,(H,15,16). The molecular formula is C36H35F3N4O4. The number of aromatic nitrogens is 2. The lowest BCUT2D eigenvalue weighted by Gasteiger charge is -2.45. The highest BCUT2D eigenvalue weighted by Crippen LogP contribution is 2.42. The Kier molecular flexibility index (Phi) is 10.4. The third kappa shape index (κ3) is 7.36. The number of carbonyl (C=O) groups excluding carboxylic acids is 2. The van der Waals surface area contributed by atoms with Crippen LogP contribution in [-0.4, -0.2) is 42.0 Å². The van der Waals surface area contributed by atoms with Crippen LogP contribution >= 0.6 is 0 Å². The van der Waals surface area contributed by atoms with Crippen LogP contribution in [0.5, 0.6) is 0 Å². The second-order valence-corrected chi connectivity index (χ2v) is 11.4. The molecular weight excluding hydrogens is 609 g/mol.